The van der Waals surface area contributed by atoms with E-state index in [4.69, 9.17) is 4.74 Å². The first-order valence-corrected chi connectivity index (χ1v) is 8.86. The standard InChI is InChI=1S/C15H28N2O2S/c1-12(2)15(5-6-16-11-15)14(18)17(7-8-19-3)13-4-9-20-10-13/h12-13,16H,4-11H2,1-3H3. The van der Waals surface area contributed by atoms with E-state index in [-0.39, 0.29) is 5.41 Å². The van der Waals surface area contributed by atoms with Crippen molar-refractivity contribution in [2.45, 2.75) is 32.7 Å². The van der Waals surface area contributed by atoms with Crippen molar-refractivity contribution in [3.05, 3.63) is 0 Å². The summed E-state index contributed by atoms with van der Waals surface area (Å²) in [4.78, 5) is 15.3. The average molecular weight is 300 g/mol. The van der Waals surface area contributed by atoms with E-state index < -0.39 is 0 Å². The number of ether oxygens (including phenoxy) is 1. The minimum absolute atomic E-state index is 0.207. The molecule has 1 N–H and O–H groups in total. The molecule has 2 fully saturated rings. The van der Waals surface area contributed by atoms with Gasteiger partial charge < -0.3 is 15.0 Å². The Morgan fingerprint density at radius 2 is 2.35 bits per heavy atom. The molecule has 2 aliphatic heterocycles. The minimum atomic E-state index is -0.207. The fourth-order valence-corrected chi connectivity index (χ4v) is 4.55. The molecule has 20 heavy (non-hydrogen) atoms. The molecule has 5 heteroatoms. The van der Waals surface area contributed by atoms with Gasteiger partial charge in [0.2, 0.25) is 5.91 Å². The number of nitrogens with zero attached hydrogens (tertiary/aromatic N) is 1. The van der Waals surface area contributed by atoms with Crippen molar-refractivity contribution in [2.75, 3.05) is 44.9 Å². The smallest absolute Gasteiger partial charge is 0.230 e. The van der Waals surface area contributed by atoms with Crippen molar-refractivity contribution in [3.63, 3.8) is 0 Å². The summed E-state index contributed by atoms with van der Waals surface area (Å²) in [5.74, 6) is 2.98. The zero-order valence-corrected chi connectivity index (χ0v) is 13.8. The highest BCUT2D eigenvalue weighted by Crippen LogP contribution is 2.37. The zero-order valence-electron chi connectivity index (χ0n) is 13.0. The molecule has 0 spiro atoms. The van der Waals surface area contributed by atoms with E-state index in [0.29, 0.717) is 24.5 Å². The summed E-state index contributed by atoms with van der Waals surface area (Å²) in [6.07, 6.45) is 2.09. The van der Waals surface area contributed by atoms with Gasteiger partial charge in [0, 0.05) is 32.0 Å². The highest BCUT2D eigenvalue weighted by molar-refractivity contribution is 7.99. The number of carbonyl (C=O) groups excluding carboxylic acids is 1. The highest BCUT2D eigenvalue weighted by Gasteiger charge is 2.47. The summed E-state index contributed by atoms with van der Waals surface area (Å²) >= 11 is 1.96. The van der Waals surface area contributed by atoms with E-state index >= 15 is 0 Å². The van der Waals surface area contributed by atoms with E-state index in [1.54, 1.807) is 7.11 Å². The molecule has 0 aliphatic carbocycles. The zero-order chi connectivity index (χ0) is 14.6. The average Bonchev–Trinajstić information content (AvgIpc) is 3.11. The fraction of sp³-hybridized carbons (Fsp3) is 0.933. The van der Waals surface area contributed by atoms with Crippen LogP contribution in [0.2, 0.25) is 0 Å². The van der Waals surface area contributed by atoms with Crippen LogP contribution in [0.25, 0.3) is 0 Å². The molecule has 2 rings (SSSR count). The first-order valence-electron chi connectivity index (χ1n) is 7.70. The van der Waals surface area contributed by atoms with Crippen molar-refractivity contribution < 1.29 is 9.53 Å². The lowest BCUT2D eigenvalue weighted by atomic mass is 9.75. The molecule has 0 radical (unpaired) electrons. The van der Waals surface area contributed by atoms with E-state index in [9.17, 15) is 4.79 Å². The van der Waals surface area contributed by atoms with Gasteiger partial charge in [-0.1, -0.05) is 13.8 Å². The van der Waals surface area contributed by atoms with Crippen molar-refractivity contribution in [3.8, 4) is 0 Å². The van der Waals surface area contributed by atoms with Crippen LogP contribution in [0.15, 0.2) is 0 Å². The monoisotopic (exact) mass is 300 g/mol. The van der Waals surface area contributed by atoms with Crippen LogP contribution >= 0.6 is 11.8 Å². The number of nitrogens with one attached hydrogen (secondary N) is 1. The maximum atomic E-state index is 13.2. The Morgan fingerprint density at radius 3 is 2.85 bits per heavy atom. The van der Waals surface area contributed by atoms with Gasteiger partial charge in [-0.25, -0.2) is 0 Å². The molecule has 0 saturated carbocycles. The number of thioether (sulfide) groups is 1. The lowest BCUT2D eigenvalue weighted by molar-refractivity contribution is -0.146. The Balaban J connectivity index is 2.15. The predicted molar refractivity (Wildman–Crippen MR) is 84.1 cm³/mol. The van der Waals surface area contributed by atoms with E-state index in [0.717, 1.165) is 38.2 Å². The van der Waals surface area contributed by atoms with Crippen molar-refractivity contribution in [2.24, 2.45) is 11.3 Å². The van der Waals surface area contributed by atoms with Crippen LogP contribution in [0, 0.1) is 11.3 Å². The Labute approximate surface area is 127 Å². The molecule has 0 aromatic rings. The second-order valence-electron chi connectivity index (χ2n) is 6.25. The Bertz CT molecular complexity index is 324. The SMILES string of the molecule is COCCN(C(=O)C1(C(C)C)CCNC1)C1CCSC1. The predicted octanol–water partition coefficient (Wildman–Crippen LogP) is 1.60. The lowest BCUT2D eigenvalue weighted by Gasteiger charge is -2.39. The summed E-state index contributed by atoms with van der Waals surface area (Å²) in [7, 11) is 1.71. The van der Waals surface area contributed by atoms with Crippen LogP contribution in [-0.2, 0) is 9.53 Å². The number of rotatable bonds is 6. The van der Waals surface area contributed by atoms with Gasteiger partial charge in [-0.15, -0.1) is 0 Å². The first-order chi connectivity index (χ1) is 9.62. The van der Waals surface area contributed by atoms with Crippen LogP contribution in [0.3, 0.4) is 0 Å². The number of hydrogen-bond acceptors (Lipinski definition) is 4. The third kappa shape index (κ3) is 3.15. The maximum Gasteiger partial charge on any atom is 0.230 e. The molecule has 1 amide bonds. The van der Waals surface area contributed by atoms with Crippen LogP contribution in [-0.4, -0.2) is 61.7 Å². The maximum absolute atomic E-state index is 13.2. The summed E-state index contributed by atoms with van der Waals surface area (Å²) in [5.41, 5.74) is -0.207. The number of carbonyl (C=O) groups is 1. The topological polar surface area (TPSA) is 41.6 Å². The molecule has 2 heterocycles. The van der Waals surface area contributed by atoms with Crippen molar-refractivity contribution in [1.82, 2.24) is 10.2 Å². The van der Waals surface area contributed by atoms with Gasteiger partial charge >= 0.3 is 0 Å². The van der Waals surface area contributed by atoms with Crippen LogP contribution < -0.4 is 5.32 Å². The van der Waals surface area contributed by atoms with Gasteiger partial charge in [-0.2, -0.15) is 11.8 Å². The van der Waals surface area contributed by atoms with E-state index in [1.165, 1.54) is 5.75 Å². The van der Waals surface area contributed by atoms with Crippen molar-refractivity contribution in [1.29, 1.82) is 0 Å². The largest absolute Gasteiger partial charge is 0.383 e. The minimum Gasteiger partial charge on any atom is -0.383 e. The van der Waals surface area contributed by atoms with Crippen LogP contribution in [0.1, 0.15) is 26.7 Å². The molecule has 0 aromatic heterocycles. The summed E-state index contributed by atoms with van der Waals surface area (Å²) < 4.78 is 5.22. The van der Waals surface area contributed by atoms with Gasteiger partial charge in [0.15, 0.2) is 0 Å². The molecule has 2 unspecified atom stereocenters. The van der Waals surface area contributed by atoms with Crippen molar-refractivity contribution >= 4 is 17.7 Å². The summed E-state index contributed by atoms with van der Waals surface area (Å²) in [5, 5.41) is 3.39. The number of amides is 1. The van der Waals surface area contributed by atoms with Crippen LogP contribution in [0.4, 0.5) is 0 Å². The molecule has 116 valence electrons. The molecule has 0 aromatic carbocycles. The van der Waals surface area contributed by atoms with Gasteiger partial charge in [-0.3, -0.25) is 4.79 Å². The summed E-state index contributed by atoms with van der Waals surface area (Å²) in [6, 6.07) is 0.402. The normalized spacial score (nSPS) is 30.1. The van der Waals surface area contributed by atoms with Crippen LogP contribution in [0.5, 0.6) is 0 Å². The quantitative estimate of drug-likeness (QED) is 0.809. The third-order valence-corrected chi connectivity index (χ3v) is 6.01. The van der Waals surface area contributed by atoms with E-state index in [2.05, 4.69) is 24.1 Å². The fourth-order valence-electron chi connectivity index (χ4n) is 3.33. The van der Waals surface area contributed by atoms with Gasteiger partial charge in [0.1, 0.15) is 0 Å². The molecule has 2 saturated heterocycles. The Morgan fingerprint density at radius 1 is 1.55 bits per heavy atom. The second kappa shape index (κ2) is 7.14. The second-order valence-corrected chi connectivity index (χ2v) is 7.40. The molecule has 2 aliphatic rings. The van der Waals surface area contributed by atoms with Gasteiger partial charge in [0.05, 0.1) is 12.0 Å². The molecule has 2 atom stereocenters. The van der Waals surface area contributed by atoms with E-state index in [1.807, 2.05) is 11.8 Å². The Kier molecular flexibility index (Phi) is 5.75. The first kappa shape index (κ1) is 16.1. The molecular weight excluding hydrogens is 272 g/mol. The number of hydrogen-bond donors (Lipinski definition) is 1. The molecular formula is C15H28N2O2S. The van der Waals surface area contributed by atoms with Gasteiger partial charge in [-0.05, 0) is 31.1 Å². The lowest BCUT2D eigenvalue weighted by Crippen LogP contribution is -2.53. The number of methoxy groups -OCH3 is 1. The Hall–Kier alpha value is -0.260. The molecule has 4 nitrogen and oxygen atoms in total. The third-order valence-electron chi connectivity index (χ3n) is 4.86. The van der Waals surface area contributed by atoms with Gasteiger partial charge in [0.25, 0.3) is 0 Å². The summed E-state index contributed by atoms with van der Waals surface area (Å²) in [6.45, 7) is 7.52. The highest BCUT2D eigenvalue weighted by atomic mass is 32.2. The molecule has 0 bridgehead atoms.